The summed E-state index contributed by atoms with van der Waals surface area (Å²) in [6, 6.07) is 6.36. The van der Waals surface area contributed by atoms with Gasteiger partial charge in [-0.3, -0.25) is 0 Å². The Labute approximate surface area is 106 Å². The molecule has 0 aliphatic carbocycles. The molecule has 0 aliphatic rings. The van der Waals surface area contributed by atoms with Gasteiger partial charge in [0, 0.05) is 16.7 Å². The first-order chi connectivity index (χ1) is 7.84. The van der Waals surface area contributed by atoms with Crippen LogP contribution in [0.2, 0.25) is 0 Å². The fraction of sp³-hybridized carbons (Fsp3) is 0.364. The lowest BCUT2D eigenvalue weighted by Crippen LogP contribution is -2.28. The smallest absolute Gasteiger partial charge is 0.383 e. The number of hydrogen-bond acceptors (Lipinski definition) is 2. The minimum absolute atomic E-state index is 0.443. The first-order valence-electron chi connectivity index (χ1n) is 4.81. The Kier molecular flexibility index (Phi) is 4.40. The molecule has 1 unspecified atom stereocenters. The van der Waals surface area contributed by atoms with Crippen LogP contribution < -0.4 is 5.32 Å². The second-order valence-corrected chi connectivity index (χ2v) is 4.42. The van der Waals surface area contributed by atoms with Gasteiger partial charge in [-0.2, -0.15) is 18.4 Å². The molecule has 1 aromatic carbocycles. The largest absolute Gasteiger partial charge is 0.406 e. The molecule has 0 fully saturated rings. The Morgan fingerprint density at radius 3 is 2.59 bits per heavy atom. The van der Waals surface area contributed by atoms with Gasteiger partial charge in [0.15, 0.2) is 5.92 Å². The average Bonchev–Trinajstić information content (AvgIpc) is 2.22. The van der Waals surface area contributed by atoms with Crippen LogP contribution in [0.5, 0.6) is 0 Å². The summed E-state index contributed by atoms with van der Waals surface area (Å²) in [7, 11) is 0. The minimum Gasteiger partial charge on any atom is -0.383 e. The second-order valence-electron chi connectivity index (χ2n) is 3.57. The summed E-state index contributed by atoms with van der Waals surface area (Å²) in [5, 5.41) is 11.0. The Morgan fingerprint density at radius 1 is 1.47 bits per heavy atom. The number of nitrogens with zero attached hydrogens (tertiary/aromatic N) is 1. The van der Waals surface area contributed by atoms with Gasteiger partial charge in [-0.05, 0) is 30.7 Å². The van der Waals surface area contributed by atoms with Crippen molar-refractivity contribution in [1.82, 2.24) is 0 Å². The van der Waals surface area contributed by atoms with E-state index in [0.29, 0.717) is 5.69 Å². The van der Waals surface area contributed by atoms with Crippen molar-refractivity contribution in [3.05, 3.63) is 28.2 Å². The van der Waals surface area contributed by atoms with Crippen molar-refractivity contribution >= 4 is 21.6 Å². The van der Waals surface area contributed by atoms with E-state index in [9.17, 15) is 13.2 Å². The summed E-state index contributed by atoms with van der Waals surface area (Å²) in [5.41, 5.74) is 1.48. The van der Waals surface area contributed by atoms with Gasteiger partial charge < -0.3 is 5.32 Å². The molecule has 0 saturated heterocycles. The molecule has 1 aromatic rings. The van der Waals surface area contributed by atoms with Crippen LogP contribution in [0.25, 0.3) is 0 Å². The summed E-state index contributed by atoms with van der Waals surface area (Å²) in [4.78, 5) is 0. The number of nitriles is 1. The molecule has 0 radical (unpaired) electrons. The molecule has 0 heterocycles. The fourth-order valence-electron chi connectivity index (χ4n) is 1.21. The Morgan fingerprint density at radius 2 is 2.12 bits per heavy atom. The Hall–Kier alpha value is -1.22. The van der Waals surface area contributed by atoms with Crippen LogP contribution in [0.4, 0.5) is 18.9 Å². The van der Waals surface area contributed by atoms with Crippen LogP contribution >= 0.6 is 15.9 Å². The van der Waals surface area contributed by atoms with Crippen molar-refractivity contribution < 1.29 is 13.2 Å². The summed E-state index contributed by atoms with van der Waals surface area (Å²) in [5.74, 6) is -1.99. The monoisotopic (exact) mass is 306 g/mol. The lowest BCUT2D eigenvalue weighted by Gasteiger charge is -2.15. The Bertz CT molecular complexity index is 437. The van der Waals surface area contributed by atoms with E-state index in [0.717, 1.165) is 10.0 Å². The quantitative estimate of drug-likeness (QED) is 0.920. The number of aryl methyl sites for hydroxylation is 1. The van der Waals surface area contributed by atoms with Gasteiger partial charge in [0.25, 0.3) is 0 Å². The zero-order valence-corrected chi connectivity index (χ0v) is 10.6. The standard InChI is InChI=1S/C11H10BrF3N2/c1-7-4-9(2-3-10(7)12)17-6-8(5-16)11(13,14)15/h2-4,8,17H,6H2,1H3. The van der Waals surface area contributed by atoms with Gasteiger partial charge >= 0.3 is 6.18 Å². The van der Waals surface area contributed by atoms with Gasteiger partial charge in [-0.15, -0.1) is 0 Å². The molecule has 92 valence electrons. The van der Waals surface area contributed by atoms with Crippen molar-refractivity contribution in [2.45, 2.75) is 13.1 Å². The SMILES string of the molecule is Cc1cc(NCC(C#N)C(F)(F)F)ccc1Br. The number of nitrogens with one attached hydrogen (secondary N) is 1. The lowest BCUT2D eigenvalue weighted by atomic mass is 10.1. The normalized spacial score (nSPS) is 12.9. The highest BCUT2D eigenvalue weighted by Crippen LogP contribution is 2.26. The summed E-state index contributed by atoms with van der Waals surface area (Å²) < 4.78 is 37.8. The predicted molar refractivity (Wildman–Crippen MR) is 62.5 cm³/mol. The number of halogens is 4. The molecule has 0 bridgehead atoms. The highest BCUT2D eigenvalue weighted by Gasteiger charge is 2.39. The molecule has 0 spiro atoms. The highest BCUT2D eigenvalue weighted by atomic mass is 79.9. The zero-order valence-electron chi connectivity index (χ0n) is 8.98. The van der Waals surface area contributed by atoms with Crippen molar-refractivity contribution in [3.63, 3.8) is 0 Å². The van der Waals surface area contributed by atoms with Crippen molar-refractivity contribution in [1.29, 1.82) is 5.26 Å². The van der Waals surface area contributed by atoms with Crippen LogP contribution in [0.1, 0.15) is 5.56 Å². The lowest BCUT2D eigenvalue weighted by molar-refractivity contribution is -0.155. The first-order valence-corrected chi connectivity index (χ1v) is 5.60. The molecule has 6 heteroatoms. The number of alkyl halides is 3. The first kappa shape index (κ1) is 13.8. The van der Waals surface area contributed by atoms with Crippen molar-refractivity contribution in [2.75, 3.05) is 11.9 Å². The van der Waals surface area contributed by atoms with Crippen LogP contribution in [0.15, 0.2) is 22.7 Å². The molecule has 0 saturated carbocycles. The highest BCUT2D eigenvalue weighted by molar-refractivity contribution is 9.10. The molecule has 1 N–H and O–H groups in total. The minimum atomic E-state index is -4.49. The summed E-state index contributed by atoms with van der Waals surface area (Å²) in [6.45, 7) is 1.39. The van der Waals surface area contributed by atoms with Gasteiger partial charge in [-0.1, -0.05) is 15.9 Å². The van der Waals surface area contributed by atoms with Crippen molar-refractivity contribution in [2.24, 2.45) is 5.92 Å². The Balaban J connectivity index is 2.67. The molecular formula is C11H10BrF3N2. The van der Waals surface area contributed by atoms with Gasteiger partial charge in [0.1, 0.15) is 0 Å². The van der Waals surface area contributed by atoms with E-state index < -0.39 is 18.6 Å². The van der Waals surface area contributed by atoms with Crippen LogP contribution in [0.3, 0.4) is 0 Å². The maximum Gasteiger partial charge on any atom is 0.406 e. The average molecular weight is 307 g/mol. The molecule has 1 atom stereocenters. The maximum absolute atomic E-state index is 12.3. The van der Waals surface area contributed by atoms with Gasteiger partial charge in [0.2, 0.25) is 0 Å². The molecule has 17 heavy (non-hydrogen) atoms. The third-order valence-electron chi connectivity index (χ3n) is 2.22. The van der Waals surface area contributed by atoms with E-state index in [1.165, 1.54) is 6.07 Å². The van der Waals surface area contributed by atoms with E-state index in [4.69, 9.17) is 5.26 Å². The molecular weight excluding hydrogens is 297 g/mol. The third-order valence-corrected chi connectivity index (χ3v) is 3.11. The molecule has 0 aromatic heterocycles. The van der Waals surface area contributed by atoms with Crippen LogP contribution in [-0.2, 0) is 0 Å². The maximum atomic E-state index is 12.3. The summed E-state index contributed by atoms with van der Waals surface area (Å²) in [6.07, 6.45) is -4.49. The van der Waals surface area contributed by atoms with E-state index in [2.05, 4.69) is 21.2 Å². The van der Waals surface area contributed by atoms with Crippen LogP contribution in [-0.4, -0.2) is 12.7 Å². The van der Waals surface area contributed by atoms with Gasteiger partial charge in [-0.25, -0.2) is 0 Å². The molecule has 0 aliphatic heterocycles. The summed E-state index contributed by atoms with van der Waals surface area (Å²) >= 11 is 3.29. The van der Waals surface area contributed by atoms with Crippen LogP contribution in [0, 0.1) is 24.2 Å². The zero-order chi connectivity index (χ0) is 13.1. The van der Waals surface area contributed by atoms with Crippen molar-refractivity contribution in [3.8, 4) is 6.07 Å². The number of benzene rings is 1. The van der Waals surface area contributed by atoms with E-state index in [1.807, 2.05) is 6.92 Å². The van der Waals surface area contributed by atoms with E-state index in [1.54, 1.807) is 18.2 Å². The topological polar surface area (TPSA) is 35.8 Å². The molecule has 1 rings (SSSR count). The van der Waals surface area contributed by atoms with E-state index in [-0.39, 0.29) is 0 Å². The third kappa shape index (κ3) is 3.93. The second kappa shape index (κ2) is 5.41. The van der Waals surface area contributed by atoms with E-state index >= 15 is 0 Å². The number of anilines is 1. The molecule has 2 nitrogen and oxygen atoms in total. The molecule has 0 amide bonds. The fourth-order valence-corrected chi connectivity index (χ4v) is 1.46. The van der Waals surface area contributed by atoms with Gasteiger partial charge in [0.05, 0.1) is 6.07 Å². The number of rotatable bonds is 3. The predicted octanol–water partition coefficient (Wildman–Crippen LogP) is 3.87. The number of hydrogen-bond donors (Lipinski definition) is 1.